The van der Waals surface area contributed by atoms with E-state index in [4.69, 9.17) is 0 Å². The van der Waals surface area contributed by atoms with Crippen molar-refractivity contribution in [2.75, 3.05) is 0 Å². The van der Waals surface area contributed by atoms with Crippen LogP contribution in [0.25, 0.3) is 0 Å². The summed E-state index contributed by atoms with van der Waals surface area (Å²) in [7, 11) is 0. The molecule has 0 aromatic heterocycles. The van der Waals surface area contributed by atoms with E-state index in [2.05, 4.69) is 27.7 Å². The average molecular weight is 350 g/mol. The highest BCUT2D eigenvalue weighted by molar-refractivity contribution is 6.14. The Labute approximate surface area is 152 Å². The topological polar surface area (TPSA) is 74.6 Å². The molecule has 1 unspecified atom stereocenters. The Morgan fingerprint density at radius 2 is 1.36 bits per heavy atom. The SMILES string of the molecule is CC(C)CCC1=C(O)C(CCC(C)C)=C(O)C(C(=O)CC(C)C)C1=O. The highest BCUT2D eigenvalue weighted by Crippen LogP contribution is 2.36. The number of aliphatic hydroxyl groups excluding tert-OH is 2. The monoisotopic (exact) mass is 350 g/mol. The molecule has 25 heavy (non-hydrogen) atoms. The molecule has 4 nitrogen and oxygen atoms in total. The summed E-state index contributed by atoms with van der Waals surface area (Å²) < 4.78 is 0. The first-order valence-corrected chi connectivity index (χ1v) is 9.47. The minimum Gasteiger partial charge on any atom is -0.511 e. The van der Waals surface area contributed by atoms with Crippen LogP contribution in [0.15, 0.2) is 22.7 Å². The lowest BCUT2D eigenvalue weighted by atomic mass is 9.78. The molecule has 0 aromatic rings. The number of carbonyl (C=O) groups is 2. The fourth-order valence-corrected chi connectivity index (χ4v) is 3.07. The number of ketones is 2. The minimum absolute atomic E-state index is 0.0996. The predicted octanol–water partition coefficient (Wildman–Crippen LogP) is 5.30. The molecule has 1 atom stereocenters. The second kappa shape index (κ2) is 9.21. The normalized spacial score (nSPS) is 18.9. The van der Waals surface area contributed by atoms with Crippen LogP contribution in [0.2, 0.25) is 0 Å². The van der Waals surface area contributed by atoms with E-state index in [9.17, 15) is 19.8 Å². The van der Waals surface area contributed by atoms with Gasteiger partial charge in [0.2, 0.25) is 0 Å². The van der Waals surface area contributed by atoms with Gasteiger partial charge >= 0.3 is 0 Å². The maximum absolute atomic E-state index is 12.8. The highest BCUT2D eigenvalue weighted by atomic mass is 16.3. The van der Waals surface area contributed by atoms with E-state index in [0.717, 1.165) is 12.8 Å². The van der Waals surface area contributed by atoms with Gasteiger partial charge in [0.05, 0.1) is 0 Å². The maximum atomic E-state index is 12.8. The molecular formula is C21H34O4. The molecule has 0 heterocycles. The van der Waals surface area contributed by atoms with Crippen LogP contribution in [0.1, 0.15) is 73.6 Å². The van der Waals surface area contributed by atoms with Crippen molar-refractivity contribution in [1.29, 1.82) is 0 Å². The summed E-state index contributed by atoms with van der Waals surface area (Å²) in [5, 5.41) is 21.2. The van der Waals surface area contributed by atoms with E-state index >= 15 is 0 Å². The zero-order valence-corrected chi connectivity index (χ0v) is 16.6. The molecule has 0 spiro atoms. The molecule has 0 aliphatic heterocycles. The lowest BCUT2D eigenvalue weighted by Gasteiger charge is -2.26. The van der Waals surface area contributed by atoms with E-state index < -0.39 is 11.7 Å². The molecule has 0 fully saturated rings. The van der Waals surface area contributed by atoms with Crippen molar-refractivity contribution >= 4 is 11.6 Å². The Morgan fingerprint density at radius 3 is 1.80 bits per heavy atom. The second-order valence-electron chi connectivity index (χ2n) is 8.42. The number of aliphatic hydroxyl groups is 2. The first kappa shape index (κ1) is 21.5. The molecule has 0 bridgehead atoms. The Hall–Kier alpha value is -1.58. The summed E-state index contributed by atoms with van der Waals surface area (Å²) in [6.45, 7) is 12.1. The number of Topliss-reactive ketones (excluding diaryl/α,β-unsaturated/α-hetero) is 2. The van der Waals surface area contributed by atoms with Gasteiger partial charge in [0.25, 0.3) is 0 Å². The van der Waals surface area contributed by atoms with Crippen molar-refractivity contribution in [3.8, 4) is 0 Å². The van der Waals surface area contributed by atoms with Crippen molar-refractivity contribution in [2.45, 2.75) is 73.6 Å². The van der Waals surface area contributed by atoms with Crippen LogP contribution >= 0.6 is 0 Å². The van der Waals surface area contributed by atoms with Gasteiger partial charge in [-0.3, -0.25) is 9.59 Å². The van der Waals surface area contributed by atoms with Crippen LogP contribution in [-0.2, 0) is 9.59 Å². The first-order valence-electron chi connectivity index (χ1n) is 9.47. The summed E-state index contributed by atoms with van der Waals surface area (Å²) in [4.78, 5) is 25.4. The molecule has 0 amide bonds. The van der Waals surface area contributed by atoms with Crippen molar-refractivity contribution < 1.29 is 19.8 Å². The molecular weight excluding hydrogens is 316 g/mol. The molecule has 1 aliphatic rings. The van der Waals surface area contributed by atoms with E-state index in [1.807, 2.05) is 13.8 Å². The number of hydrogen-bond donors (Lipinski definition) is 2. The molecule has 1 aliphatic carbocycles. The molecule has 4 heteroatoms. The predicted molar refractivity (Wildman–Crippen MR) is 100 cm³/mol. The third kappa shape index (κ3) is 5.72. The number of carbonyl (C=O) groups excluding carboxylic acids is 2. The summed E-state index contributed by atoms with van der Waals surface area (Å²) >= 11 is 0. The van der Waals surface area contributed by atoms with E-state index in [1.165, 1.54) is 0 Å². The number of rotatable bonds is 9. The van der Waals surface area contributed by atoms with Gasteiger partial charge < -0.3 is 10.2 Å². The Kier molecular flexibility index (Phi) is 7.91. The molecule has 0 saturated heterocycles. The van der Waals surface area contributed by atoms with Crippen molar-refractivity contribution in [2.24, 2.45) is 23.7 Å². The standard InChI is InChI=1S/C21H34O4/c1-12(2)7-9-15-19(23)16(10-8-13(3)4)21(25)18(20(15)24)17(22)11-14(5)6/h12-14,18,23-24H,7-11H2,1-6H3. The number of allylic oxidation sites excluding steroid dienone is 3. The van der Waals surface area contributed by atoms with Crippen molar-refractivity contribution in [3.63, 3.8) is 0 Å². The Morgan fingerprint density at radius 1 is 0.880 bits per heavy atom. The summed E-state index contributed by atoms with van der Waals surface area (Å²) in [5.74, 6) is -1.25. The summed E-state index contributed by atoms with van der Waals surface area (Å²) in [6.07, 6.45) is 2.69. The molecule has 142 valence electrons. The fraction of sp³-hybridized carbons (Fsp3) is 0.714. The van der Waals surface area contributed by atoms with E-state index in [0.29, 0.717) is 35.8 Å². The van der Waals surface area contributed by atoms with Crippen LogP contribution in [0.4, 0.5) is 0 Å². The molecule has 1 rings (SSSR count). The maximum Gasteiger partial charge on any atom is 0.180 e. The smallest absolute Gasteiger partial charge is 0.180 e. The number of hydrogen-bond acceptors (Lipinski definition) is 4. The fourth-order valence-electron chi connectivity index (χ4n) is 3.07. The zero-order valence-electron chi connectivity index (χ0n) is 16.6. The third-order valence-corrected chi connectivity index (χ3v) is 4.59. The van der Waals surface area contributed by atoms with Gasteiger partial charge in [-0.1, -0.05) is 41.5 Å². The molecule has 0 aromatic carbocycles. The second-order valence-corrected chi connectivity index (χ2v) is 8.42. The highest BCUT2D eigenvalue weighted by Gasteiger charge is 2.40. The summed E-state index contributed by atoms with van der Waals surface area (Å²) in [6, 6.07) is 0. The van der Waals surface area contributed by atoms with Gasteiger partial charge in [0.1, 0.15) is 17.4 Å². The quantitative estimate of drug-likeness (QED) is 0.554. The van der Waals surface area contributed by atoms with Gasteiger partial charge in [-0.2, -0.15) is 0 Å². The van der Waals surface area contributed by atoms with Crippen LogP contribution < -0.4 is 0 Å². The van der Waals surface area contributed by atoms with Crippen LogP contribution in [0.3, 0.4) is 0 Å². The van der Waals surface area contributed by atoms with E-state index in [-0.39, 0.29) is 29.6 Å². The van der Waals surface area contributed by atoms with Crippen LogP contribution in [0, 0.1) is 23.7 Å². The van der Waals surface area contributed by atoms with Crippen molar-refractivity contribution in [1.82, 2.24) is 0 Å². The van der Waals surface area contributed by atoms with E-state index in [1.54, 1.807) is 0 Å². The largest absolute Gasteiger partial charge is 0.511 e. The minimum atomic E-state index is -1.14. The van der Waals surface area contributed by atoms with Crippen molar-refractivity contribution in [3.05, 3.63) is 22.7 Å². The van der Waals surface area contributed by atoms with Gasteiger partial charge in [-0.25, -0.2) is 0 Å². The van der Waals surface area contributed by atoms with Crippen LogP contribution in [0.5, 0.6) is 0 Å². The van der Waals surface area contributed by atoms with Crippen LogP contribution in [-0.4, -0.2) is 21.8 Å². The Balaban J connectivity index is 3.26. The summed E-state index contributed by atoms with van der Waals surface area (Å²) in [5.41, 5.74) is 0.696. The third-order valence-electron chi connectivity index (χ3n) is 4.59. The zero-order chi connectivity index (χ0) is 19.3. The van der Waals surface area contributed by atoms with Gasteiger partial charge in [-0.05, 0) is 43.4 Å². The molecule has 0 saturated carbocycles. The lowest BCUT2D eigenvalue weighted by Crippen LogP contribution is -2.33. The van der Waals surface area contributed by atoms with Gasteiger partial charge in [0, 0.05) is 17.6 Å². The lowest BCUT2D eigenvalue weighted by molar-refractivity contribution is -0.131. The van der Waals surface area contributed by atoms with Gasteiger partial charge in [-0.15, -0.1) is 0 Å². The average Bonchev–Trinajstić information content (AvgIpc) is 2.45. The molecule has 2 N–H and O–H groups in total. The van der Waals surface area contributed by atoms with Gasteiger partial charge in [0.15, 0.2) is 11.6 Å². The Bertz CT molecular complexity index is 564. The first-order chi connectivity index (χ1) is 11.6. The molecule has 0 radical (unpaired) electrons.